The lowest BCUT2D eigenvalue weighted by Gasteiger charge is -2.37. The molecule has 3 rings (SSSR count). The van der Waals surface area contributed by atoms with Gasteiger partial charge in [0.15, 0.2) is 0 Å². The number of amides is 1. The Labute approximate surface area is 123 Å². The van der Waals surface area contributed by atoms with Gasteiger partial charge in [-0.15, -0.1) is 11.8 Å². The Hall–Kier alpha value is -1.04. The predicted octanol–water partition coefficient (Wildman–Crippen LogP) is 1.63. The van der Waals surface area contributed by atoms with Gasteiger partial charge in [-0.25, -0.2) is 0 Å². The molecule has 0 saturated carbocycles. The second-order valence-corrected chi connectivity index (χ2v) is 6.52. The van der Waals surface area contributed by atoms with E-state index in [1.54, 1.807) is 11.8 Å². The van der Waals surface area contributed by atoms with E-state index in [0.29, 0.717) is 6.54 Å². The summed E-state index contributed by atoms with van der Waals surface area (Å²) in [5.41, 5.74) is 6.02. The van der Waals surface area contributed by atoms with Crippen LogP contribution in [0, 0.1) is 0 Å². The maximum Gasteiger partial charge on any atom is 0.242 e. The molecule has 1 aromatic carbocycles. The molecule has 0 spiro atoms. The molecule has 2 aliphatic heterocycles. The van der Waals surface area contributed by atoms with Crippen LogP contribution in [0.25, 0.3) is 0 Å². The molecule has 1 amide bonds. The molecule has 0 bridgehead atoms. The van der Waals surface area contributed by atoms with E-state index in [1.165, 1.54) is 0 Å². The van der Waals surface area contributed by atoms with Crippen LogP contribution in [0.15, 0.2) is 29.2 Å². The second kappa shape index (κ2) is 5.76. The van der Waals surface area contributed by atoms with Gasteiger partial charge in [0.2, 0.25) is 5.91 Å². The Morgan fingerprint density at radius 3 is 3.10 bits per heavy atom. The minimum absolute atomic E-state index is 0.202. The summed E-state index contributed by atoms with van der Waals surface area (Å²) in [5.74, 6) is 0.613. The van der Waals surface area contributed by atoms with E-state index < -0.39 is 5.54 Å². The van der Waals surface area contributed by atoms with E-state index in [0.717, 1.165) is 42.1 Å². The highest BCUT2D eigenvalue weighted by Gasteiger charge is 2.42. The average molecular weight is 292 g/mol. The molecule has 4 nitrogen and oxygen atoms in total. The first-order valence-corrected chi connectivity index (χ1v) is 8.10. The quantitative estimate of drug-likeness (QED) is 0.885. The lowest BCUT2D eigenvalue weighted by atomic mass is 9.85. The van der Waals surface area contributed by atoms with Crippen LogP contribution in [-0.4, -0.2) is 30.9 Å². The molecule has 1 aromatic rings. The van der Waals surface area contributed by atoms with Gasteiger partial charge in [0.1, 0.15) is 5.54 Å². The molecule has 1 saturated heterocycles. The number of primary amides is 1. The van der Waals surface area contributed by atoms with Crippen LogP contribution in [-0.2, 0) is 15.1 Å². The fourth-order valence-corrected chi connectivity index (χ4v) is 4.21. The number of rotatable bonds is 4. The van der Waals surface area contributed by atoms with Crippen molar-refractivity contribution in [2.24, 2.45) is 5.73 Å². The third-order valence-corrected chi connectivity index (χ3v) is 5.23. The molecule has 0 aliphatic carbocycles. The Kier molecular flexibility index (Phi) is 4.01. The second-order valence-electron chi connectivity index (χ2n) is 5.38. The number of fused-ring (bicyclic) bond motifs is 1. The van der Waals surface area contributed by atoms with Gasteiger partial charge >= 0.3 is 0 Å². The molecule has 108 valence electrons. The molecule has 2 unspecified atom stereocenters. The van der Waals surface area contributed by atoms with Gasteiger partial charge in [0, 0.05) is 23.8 Å². The van der Waals surface area contributed by atoms with Crippen molar-refractivity contribution in [3.05, 3.63) is 29.8 Å². The van der Waals surface area contributed by atoms with Gasteiger partial charge in [-0.1, -0.05) is 18.2 Å². The summed E-state index contributed by atoms with van der Waals surface area (Å²) in [6.07, 6.45) is 3.09. The van der Waals surface area contributed by atoms with Crippen LogP contribution in [0.4, 0.5) is 0 Å². The smallest absolute Gasteiger partial charge is 0.242 e. The number of nitrogens with one attached hydrogen (secondary N) is 1. The first-order valence-electron chi connectivity index (χ1n) is 7.11. The molecule has 1 fully saturated rings. The van der Waals surface area contributed by atoms with E-state index in [2.05, 4.69) is 11.4 Å². The number of nitrogens with two attached hydrogens (primary N) is 1. The largest absolute Gasteiger partial charge is 0.377 e. The van der Waals surface area contributed by atoms with Gasteiger partial charge in [0.25, 0.3) is 0 Å². The summed E-state index contributed by atoms with van der Waals surface area (Å²) in [4.78, 5) is 13.3. The molecule has 20 heavy (non-hydrogen) atoms. The van der Waals surface area contributed by atoms with E-state index in [-0.39, 0.29) is 12.0 Å². The maximum absolute atomic E-state index is 12.2. The lowest BCUT2D eigenvalue weighted by Crippen LogP contribution is -2.56. The molecule has 0 aromatic heterocycles. The highest BCUT2D eigenvalue weighted by Crippen LogP contribution is 2.40. The number of hydrogen-bond donors (Lipinski definition) is 2. The average Bonchev–Trinajstić information content (AvgIpc) is 2.98. The van der Waals surface area contributed by atoms with Crippen LogP contribution in [0.1, 0.15) is 24.8 Å². The molecule has 2 atom stereocenters. The van der Waals surface area contributed by atoms with E-state index in [4.69, 9.17) is 10.5 Å². The predicted molar refractivity (Wildman–Crippen MR) is 79.6 cm³/mol. The summed E-state index contributed by atoms with van der Waals surface area (Å²) in [5, 5.41) is 3.42. The van der Waals surface area contributed by atoms with Gasteiger partial charge < -0.3 is 10.5 Å². The van der Waals surface area contributed by atoms with Crippen molar-refractivity contribution >= 4 is 17.7 Å². The van der Waals surface area contributed by atoms with Crippen molar-refractivity contribution in [2.75, 3.05) is 18.9 Å². The number of carbonyl (C=O) groups is 1. The highest BCUT2D eigenvalue weighted by atomic mass is 32.2. The van der Waals surface area contributed by atoms with Crippen molar-refractivity contribution in [3.63, 3.8) is 0 Å². The normalized spacial score (nSPS) is 29.1. The molecule has 2 aliphatic rings. The molecule has 3 N–H and O–H groups in total. The van der Waals surface area contributed by atoms with Crippen LogP contribution in [0.5, 0.6) is 0 Å². The van der Waals surface area contributed by atoms with Crippen LogP contribution < -0.4 is 11.1 Å². The third kappa shape index (κ3) is 2.45. The number of benzene rings is 1. The number of carbonyl (C=O) groups excluding carboxylic acids is 1. The highest BCUT2D eigenvalue weighted by molar-refractivity contribution is 7.99. The summed E-state index contributed by atoms with van der Waals surface area (Å²) in [7, 11) is 0. The SMILES string of the molecule is NC(=O)C1(NCC2CCCO2)CCSc2ccccc21. The molecule has 5 heteroatoms. The van der Waals surface area contributed by atoms with Crippen molar-refractivity contribution in [2.45, 2.75) is 35.8 Å². The van der Waals surface area contributed by atoms with Gasteiger partial charge in [-0.3, -0.25) is 10.1 Å². The number of thioether (sulfide) groups is 1. The number of hydrogen-bond acceptors (Lipinski definition) is 4. The molecular formula is C15H20N2O2S. The van der Waals surface area contributed by atoms with Gasteiger partial charge in [0.05, 0.1) is 6.10 Å². The maximum atomic E-state index is 12.2. The van der Waals surface area contributed by atoms with Crippen molar-refractivity contribution in [3.8, 4) is 0 Å². The topological polar surface area (TPSA) is 64.4 Å². The van der Waals surface area contributed by atoms with Crippen LogP contribution >= 0.6 is 11.8 Å². The summed E-state index contributed by atoms with van der Waals surface area (Å²) < 4.78 is 5.64. The first-order chi connectivity index (χ1) is 9.72. The van der Waals surface area contributed by atoms with E-state index in [9.17, 15) is 4.79 Å². The number of ether oxygens (including phenoxy) is 1. The fourth-order valence-electron chi connectivity index (χ4n) is 3.01. The lowest BCUT2D eigenvalue weighted by molar-refractivity contribution is -0.125. The first kappa shape index (κ1) is 13.9. The van der Waals surface area contributed by atoms with Crippen molar-refractivity contribution < 1.29 is 9.53 Å². The Balaban J connectivity index is 1.86. The Morgan fingerprint density at radius 2 is 2.35 bits per heavy atom. The zero-order chi connectivity index (χ0) is 14.0. The Bertz CT molecular complexity index is 502. The summed E-state index contributed by atoms with van der Waals surface area (Å²) >= 11 is 1.79. The van der Waals surface area contributed by atoms with Crippen LogP contribution in [0.2, 0.25) is 0 Å². The third-order valence-electron chi connectivity index (χ3n) is 4.16. The van der Waals surface area contributed by atoms with Gasteiger partial charge in [-0.05, 0) is 30.9 Å². The van der Waals surface area contributed by atoms with Crippen LogP contribution in [0.3, 0.4) is 0 Å². The van der Waals surface area contributed by atoms with E-state index in [1.807, 2.05) is 18.2 Å². The fraction of sp³-hybridized carbons (Fsp3) is 0.533. The standard InChI is InChI=1S/C15H20N2O2S/c16-14(18)15(17-10-11-4-3-8-19-11)7-9-20-13-6-2-1-5-12(13)15/h1-2,5-6,11,17H,3-4,7-10H2,(H2,16,18). The minimum atomic E-state index is -0.742. The monoisotopic (exact) mass is 292 g/mol. The summed E-state index contributed by atoms with van der Waals surface area (Å²) in [6.45, 7) is 1.50. The zero-order valence-electron chi connectivity index (χ0n) is 11.4. The van der Waals surface area contributed by atoms with Crippen molar-refractivity contribution in [1.82, 2.24) is 5.32 Å². The zero-order valence-corrected chi connectivity index (χ0v) is 12.2. The van der Waals surface area contributed by atoms with Crippen molar-refractivity contribution in [1.29, 1.82) is 0 Å². The molecular weight excluding hydrogens is 272 g/mol. The molecule has 2 heterocycles. The van der Waals surface area contributed by atoms with Gasteiger partial charge in [-0.2, -0.15) is 0 Å². The van der Waals surface area contributed by atoms with E-state index >= 15 is 0 Å². The summed E-state index contributed by atoms with van der Waals surface area (Å²) in [6, 6.07) is 8.04. The Morgan fingerprint density at radius 1 is 1.50 bits per heavy atom. The minimum Gasteiger partial charge on any atom is -0.377 e. The molecule has 0 radical (unpaired) electrons.